The second kappa shape index (κ2) is 5.02. The normalized spacial score (nSPS) is 12.8. The fourth-order valence-corrected chi connectivity index (χ4v) is 0.757. The van der Waals surface area contributed by atoms with Gasteiger partial charge in [-0.1, -0.05) is 32.9 Å². The Bertz CT molecular complexity index is 187. The van der Waals surface area contributed by atoms with E-state index < -0.39 is 0 Å². The van der Waals surface area contributed by atoms with Gasteiger partial charge in [-0.15, -0.1) is 0 Å². The zero-order valence-electron chi connectivity index (χ0n) is 8.99. The van der Waals surface area contributed by atoms with E-state index in [1.165, 1.54) is 11.3 Å². The van der Waals surface area contributed by atoms with E-state index in [0.29, 0.717) is 5.92 Å². The molecule has 1 N–H and O–H groups in total. The Balaban J connectivity index is 4.18. The minimum absolute atomic E-state index is 0.504. The highest BCUT2D eigenvalue weighted by molar-refractivity contribution is 5.13. The molecule has 0 aromatic carbocycles. The third kappa shape index (κ3) is 3.61. The number of allylic oxidation sites excluding steroid dienone is 3. The Kier molecular flexibility index (Phi) is 4.72. The summed E-state index contributed by atoms with van der Waals surface area (Å²) in [5.41, 5.74) is 3.74. The Morgan fingerprint density at radius 3 is 2.17 bits per heavy atom. The summed E-state index contributed by atoms with van der Waals surface area (Å²) in [5.74, 6) is 0.504. The van der Waals surface area contributed by atoms with E-state index in [9.17, 15) is 0 Å². The maximum Gasteiger partial charge on any atom is 0.0106 e. The van der Waals surface area contributed by atoms with Crippen LogP contribution in [0.15, 0.2) is 23.5 Å². The maximum atomic E-state index is 3.97. The van der Waals surface area contributed by atoms with Gasteiger partial charge in [0.15, 0.2) is 0 Å². The van der Waals surface area contributed by atoms with Crippen molar-refractivity contribution in [3.05, 3.63) is 23.5 Å². The number of rotatable bonds is 4. The lowest BCUT2D eigenvalue weighted by Gasteiger charge is -2.14. The zero-order chi connectivity index (χ0) is 9.72. The molecule has 0 aliphatic heterocycles. The van der Waals surface area contributed by atoms with Crippen molar-refractivity contribution in [1.82, 2.24) is 5.32 Å². The van der Waals surface area contributed by atoms with Crippen LogP contribution in [0, 0.1) is 5.92 Å². The lowest BCUT2D eigenvalue weighted by atomic mass is 10.1. The van der Waals surface area contributed by atoms with E-state index in [4.69, 9.17) is 0 Å². The molecule has 0 atom stereocenters. The summed E-state index contributed by atoms with van der Waals surface area (Å²) in [6.07, 6.45) is 1.10. The van der Waals surface area contributed by atoms with Crippen LogP contribution in [0.2, 0.25) is 0 Å². The Morgan fingerprint density at radius 1 is 1.33 bits per heavy atom. The molecule has 0 aliphatic rings. The summed E-state index contributed by atoms with van der Waals surface area (Å²) in [6, 6.07) is 0. The monoisotopic (exact) mass is 167 g/mol. The Morgan fingerprint density at radius 2 is 1.83 bits per heavy atom. The van der Waals surface area contributed by atoms with E-state index >= 15 is 0 Å². The van der Waals surface area contributed by atoms with Crippen molar-refractivity contribution in [2.24, 2.45) is 5.92 Å². The van der Waals surface area contributed by atoms with E-state index in [2.05, 4.69) is 46.5 Å². The molecular weight excluding hydrogens is 146 g/mol. The number of nitrogens with one attached hydrogen (secondary N) is 1. The van der Waals surface area contributed by atoms with E-state index in [1.807, 2.05) is 0 Å². The lowest BCUT2D eigenvalue weighted by molar-refractivity contribution is 0.698. The summed E-state index contributed by atoms with van der Waals surface area (Å²) < 4.78 is 0. The van der Waals surface area contributed by atoms with Gasteiger partial charge in [-0.3, -0.25) is 0 Å². The van der Waals surface area contributed by atoms with Gasteiger partial charge in [0.1, 0.15) is 0 Å². The second-order valence-electron chi connectivity index (χ2n) is 3.56. The Hall–Kier alpha value is -0.720. The summed E-state index contributed by atoms with van der Waals surface area (Å²) in [5, 5.41) is 3.32. The standard InChI is InChI=1S/C11H21N/c1-7-9(4)11(6)12-10(5)8(2)3/h8,12H,5,7H2,1-4,6H3/b11-9+. The predicted molar refractivity (Wildman–Crippen MR) is 55.8 cm³/mol. The third-order valence-electron chi connectivity index (χ3n) is 2.22. The number of hydrogen-bond acceptors (Lipinski definition) is 1. The topological polar surface area (TPSA) is 12.0 Å². The smallest absolute Gasteiger partial charge is 0.0106 e. The number of hydrogen-bond donors (Lipinski definition) is 1. The fraction of sp³-hybridized carbons (Fsp3) is 0.636. The quantitative estimate of drug-likeness (QED) is 0.676. The highest BCUT2D eigenvalue weighted by atomic mass is 14.9. The molecule has 0 aliphatic carbocycles. The molecule has 0 rings (SSSR count). The summed E-state index contributed by atoms with van der Waals surface area (Å²) in [7, 11) is 0. The van der Waals surface area contributed by atoms with Crippen LogP contribution in [-0.4, -0.2) is 0 Å². The lowest BCUT2D eigenvalue weighted by Crippen LogP contribution is -2.15. The van der Waals surface area contributed by atoms with Crippen LogP contribution in [0.25, 0.3) is 0 Å². The average Bonchev–Trinajstić information content (AvgIpc) is 2.02. The molecule has 0 spiro atoms. The molecule has 0 fully saturated rings. The van der Waals surface area contributed by atoms with Gasteiger partial charge in [0, 0.05) is 11.4 Å². The van der Waals surface area contributed by atoms with Crippen molar-refractivity contribution in [3.63, 3.8) is 0 Å². The molecule has 0 unspecified atom stereocenters. The van der Waals surface area contributed by atoms with Gasteiger partial charge in [0.2, 0.25) is 0 Å². The van der Waals surface area contributed by atoms with Crippen LogP contribution < -0.4 is 5.32 Å². The van der Waals surface area contributed by atoms with Crippen LogP contribution >= 0.6 is 0 Å². The van der Waals surface area contributed by atoms with Gasteiger partial charge >= 0.3 is 0 Å². The first-order chi connectivity index (χ1) is 5.49. The van der Waals surface area contributed by atoms with Crippen LogP contribution in [0.5, 0.6) is 0 Å². The van der Waals surface area contributed by atoms with Crippen LogP contribution in [0.1, 0.15) is 41.0 Å². The molecule has 0 aromatic rings. The van der Waals surface area contributed by atoms with Crippen molar-refractivity contribution in [1.29, 1.82) is 0 Å². The highest BCUT2D eigenvalue weighted by Crippen LogP contribution is 2.09. The first-order valence-corrected chi connectivity index (χ1v) is 4.61. The van der Waals surface area contributed by atoms with Crippen molar-refractivity contribution >= 4 is 0 Å². The van der Waals surface area contributed by atoms with Gasteiger partial charge in [-0.2, -0.15) is 0 Å². The average molecular weight is 167 g/mol. The molecule has 0 aromatic heterocycles. The molecule has 0 saturated carbocycles. The molecule has 0 saturated heterocycles. The zero-order valence-corrected chi connectivity index (χ0v) is 8.99. The van der Waals surface area contributed by atoms with Crippen molar-refractivity contribution in [3.8, 4) is 0 Å². The molecule has 1 heteroatoms. The molecule has 0 heterocycles. The van der Waals surface area contributed by atoms with Gasteiger partial charge in [-0.05, 0) is 26.2 Å². The van der Waals surface area contributed by atoms with Gasteiger partial charge in [-0.25, -0.2) is 0 Å². The van der Waals surface area contributed by atoms with E-state index in [-0.39, 0.29) is 0 Å². The van der Waals surface area contributed by atoms with Crippen LogP contribution in [-0.2, 0) is 0 Å². The van der Waals surface area contributed by atoms with Crippen LogP contribution in [0.3, 0.4) is 0 Å². The van der Waals surface area contributed by atoms with Gasteiger partial charge in [0.05, 0.1) is 0 Å². The van der Waals surface area contributed by atoms with Gasteiger partial charge < -0.3 is 5.32 Å². The SMILES string of the molecule is C=C(N/C(C)=C(\C)CC)C(C)C. The predicted octanol–water partition coefficient (Wildman–Crippen LogP) is 3.45. The Labute approximate surface area is 76.6 Å². The van der Waals surface area contributed by atoms with Crippen molar-refractivity contribution in [2.75, 3.05) is 0 Å². The molecular formula is C11H21N. The molecule has 12 heavy (non-hydrogen) atoms. The minimum Gasteiger partial charge on any atom is -0.363 e. The van der Waals surface area contributed by atoms with Crippen molar-refractivity contribution < 1.29 is 0 Å². The van der Waals surface area contributed by atoms with Crippen LogP contribution in [0.4, 0.5) is 0 Å². The van der Waals surface area contributed by atoms with Crippen molar-refractivity contribution in [2.45, 2.75) is 41.0 Å². The third-order valence-corrected chi connectivity index (χ3v) is 2.22. The molecule has 0 bridgehead atoms. The summed E-state index contributed by atoms with van der Waals surface area (Å²) in [4.78, 5) is 0. The first kappa shape index (κ1) is 11.3. The van der Waals surface area contributed by atoms with E-state index in [1.54, 1.807) is 0 Å². The highest BCUT2D eigenvalue weighted by Gasteiger charge is 2.00. The molecule has 0 radical (unpaired) electrons. The first-order valence-electron chi connectivity index (χ1n) is 4.61. The molecule has 1 nitrogen and oxygen atoms in total. The minimum atomic E-state index is 0.504. The largest absolute Gasteiger partial charge is 0.363 e. The molecule has 0 amide bonds. The molecule has 70 valence electrons. The van der Waals surface area contributed by atoms with Gasteiger partial charge in [0.25, 0.3) is 0 Å². The maximum absolute atomic E-state index is 3.97. The summed E-state index contributed by atoms with van der Waals surface area (Å²) in [6.45, 7) is 14.7. The second-order valence-corrected chi connectivity index (χ2v) is 3.56. The fourth-order valence-electron chi connectivity index (χ4n) is 0.757. The van der Waals surface area contributed by atoms with E-state index in [0.717, 1.165) is 12.1 Å². The summed E-state index contributed by atoms with van der Waals surface area (Å²) >= 11 is 0.